The predicted octanol–water partition coefficient (Wildman–Crippen LogP) is 4.47. The van der Waals surface area contributed by atoms with Gasteiger partial charge in [0.15, 0.2) is 0 Å². The summed E-state index contributed by atoms with van der Waals surface area (Å²) < 4.78 is 50.7. The zero-order chi connectivity index (χ0) is 18.2. The second-order valence-corrected chi connectivity index (χ2v) is 7.97. The van der Waals surface area contributed by atoms with E-state index < -0.39 is 15.9 Å². The van der Waals surface area contributed by atoms with Crippen LogP contribution in [0.15, 0.2) is 42.5 Å². The summed E-state index contributed by atoms with van der Waals surface area (Å²) >= 11 is 0. The first kappa shape index (κ1) is 17.8. The van der Waals surface area contributed by atoms with Gasteiger partial charge in [0.1, 0.15) is 17.2 Å². The maximum Gasteiger partial charge on any atom is 0.287 e. The fourth-order valence-corrected chi connectivity index (χ4v) is 3.42. The maximum absolute atomic E-state index is 13.2. The number of fused-ring (bicyclic) bond motifs is 1. The van der Waals surface area contributed by atoms with Gasteiger partial charge >= 0.3 is 0 Å². The summed E-state index contributed by atoms with van der Waals surface area (Å²) in [5, 5.41) is 0. The van der Waals surface area contributed by atoms with Gasteiger partial charge in [0, 0.05) is 11.5 Å². The van der Waals surface area contributed by atoms with Gasteiger partial charge in [-0.05, 0) is 49.6 Å². The van der Waals surface area contributed by atoms with Crippen LogP contribution in [0.4, 0.5) is 4.39 Å². The third-order valence-corrected chi connectivity index (χ3v) is 4.63. The number of rotatable bonds is 4. The van der Waals surface area contributed by atoms with E-state index in [1.807, 2.05) is 19.9 Å². The van der Waals surface area contributed by atoms with Gasteiger partial charge < -0.3 is 4.74 Å². The molecule has 2 atom stereocenters. The summed E-state index contributed by atoms with van der Waals surface area (Å²) in [6, 6.07) is 11.9. The Bertz CT molecular complexity index is 878. The van der Waals surface area contributed by atoms with Gasteiger partial charge in [0.2, 0.25) is 0 Å². The molecule has 0 aliphatic carbocycles. The molecule has 2 N–H and O–H groups in total. The van der Waals surface area contributed by atoms with E-state index in [2.05, 4.69) is 4.18 Å². The Kier molecular flexibility index (Phi) is 4.57. The fraction of sp³-hybridized carbons (Fsp3) is 0.333. The largest absolute Gasteiger partial charge is 0.488 e. The summed E-state index contributed by atoms with van der Waals surface area (Å²) in [6.07, 6.45) is 0.749. The van der Waals surface area contributed by atoms with Crippen molar-refractivity contribution in [3.8, 4) is 5.75 Å². The Morgan fingerprint density at radius 2 is 2.00 bits per heavy atom. The standard InChI is InChI=1S/C18H20FNO4S/c1-18(2)10-16(13-4-6-14(19)7-5-13)15-8-3-12(9-17(15)24-18)11-23-25(20,21)22/h3-9,16H,10-11H2,1-2H3,(H2,20,21,22). The molecule has 0 saturated carbocycles. The summed E-state index contributed by atoms with van der Waals surface area (Å²) in [5.41, 5.74) is 2.21. The Labute approximate surface area is 146 Å². The molecule has 1 aliphatic heterocycles. The van der Waals surface area contributed by atoms with Gasteiger partial charge in [-0.25, -0.2) is 9.17 Å². The average molecular weight is 365 g/mol. The molecule has 0 spiro atoms. The van der Waals surface area contributed by atoms with Crippen LogP contribution in [0.2, 0.25) is 0 Å². The maximum atomic E-state index is 13.2. The minimum Gasteiger partial charge on any atom is -0.488 e. The van der Waals surface area contributed by atoms with Crippen molar-refractivity contribution in [3.63, 3.8) is 0 Å². The molecule has 0 amide bonds. The van der Waals surface area contributed by atoms with Gasteiger partial charge in [-0.15, -0.1) is 0 Å². The van der Waals surface area contributed by atoms with Crippen LogP contribution >= 0.6 is 0 Å². The molecule has 2 aromatic carbocycles. The van der Waals surface area contributed by atoms with Crippen LogP contribution in [0.5, 0.6) is 5.75 Å². The third-order valence-electron chi connectivity index (χ3n) is 4.19. The van der Waals surface area contributed by atoms with Crippen molar-refractivity contribution in [2.24, 2.45) is 0 Å². The van der Waals surface area contributed by atoms with Crippen LogP contribution in [0.1, 0.15) is 42.9 Å². The molecule has 0 aromatic heterocycles. The molecule has 0 bridgehead atoms. The number of halogens is 1. The van der Waals surface area contributed by atoms with Crippen molar-refractivity contribution in [2.75, 3.05) is 0 Å². The van der Waals surface area contributed by atoms with Crippen LogP contribution < -0.4 is 4.74 Å². The SMILES string of the molecule is CC1(C)CC(c2ccc(F)cc2)c2ccc(COS(=N)(=O)O)cc2O1. The highest BCUT2D eigenvalue weighted by Gasteiger charge is 2.34. The van der Waals surface area contributed by atoms with Gasteiger partial charge in [-0.3, -0.25) is 8.74 Å². The van der Waals surface area contributed by atoms with Crippen molar-refractivity contribution in [2.45, 2.75) is 38.4 Å². The number of hydrogen-bond donors (Lipinski definition) is 2. The van der Waals surface area contributed by atoms with Crippen molar-refractivity contribution >= 4 is 10.3 Å². The fourth-order valence-electron chi connectivity index (χ4n) is 3.13. The highest BCUT2D eigenvalue weighted by atomic mass is 32.2. The first-order valence-corrected chi connectivity index (χ1v) is 9.30. The lowest BCUT2D eigenvalue weighted by Gasteiger charge is -2.38. The molecule has 25 heavy (non-hydrogen) atoms. The minimum atomic E-state index is -4.00. The Hall–Kier alpha value is -1.96. The normalized spacial score (nSPS) is 21.0. The van der Waals surface area contributed by atoms with Gasteiger partial charge in [0.25, 0.3) is 10.3 Å². The summed E-state index contributed by atoms with van der Waals surface area (Å²) in [4.78, 5) is 0. The van der Waals surface area contributed by atoms with Crippen LogP contribution in [0, 0.1) is 10.6 Å². The van der Waals surface area contributed by atoms with E-state index in [1.165, 1.54) is 12.1 Å². The molecule has 2 aromatic rings. The zero-order valence-electron chi connectivity index (χ0n) is 14.0. The molecule has 134 valence electrons. The molecule has 1 aliphatic rings. The van der Waals surface area contributed by atoms with E-state index >= 15 is 0 Å². The first-order chi connectivity index (χ1) is 11.6. The lowest BCUT2D eigenvalue weighted by Crippen LogP contribution is -2.35. The highest BCUT2D eigenvalue weighted by Crippen LogP contribution is 2.44. The number of hydrogen-bond acceptors (Lipinski definition) is 4. The van der Waals surface area contributed by atoms with Crippen molar-refractivity contribution in [1.82, 2.24) is 0 Å². The second kappa shape index (κ2) is 6.40. The zero-order valence-corrected chi connectivity index (χ0v) is 14.8. The molecular weight excluding hydrogens is 345 g/mol. The molecule has 5 nitrogen and oxygen atoms in total. The topological polar surface area (TPSA) is 79.6 Å². The van der Waals surface area contributed by atoms with E-state index in [0.29, 0.717) is 11.3 Å². The van der Waals surface area contributed by atoms with Crippen LogP contribution in [0.25, 0.3) is 0 Å². The van der Waals surface area contributed by atoms with E-state index in [0.717, 1.165) is 17.5 Å². The van der Waals surface area contributed by atoms with Crippen molar-refractivity contribution in [1.29, 1.82) is 4.78 Å². The molecule has 0 saturated heterocycles. The van der Waals surface area contributed by atoms with Crippen molar-refractivity contribution < 1.29 is 22.1 Å². The predicted molar refractivity (Wildman–Crippen MR) is 92.3 cm³/mol. The summed E-state index contributed by atoms with van der Waals surface area (Å²) in [6.45, 7) is 3.82. The van der Waals surface area contributed by atoms with Crippen LogP contribution in [0.3, 0.4) is 0 Å². The average Bonchev–Trinajstić information content (AvgIpc) is 2.51. The smallest absolute Gasteiger partial charge is 0.287 e. The van der Waals surface area contributed by atoms with Gasteiger partial charge in [0.05, 0.1) is 6.61 Å². The number of ether oxygens (including phenoxy) is 1. The molecule has 0 fully saturated rings. The monoisotopic (exact) mass is 365 g/mol. The molecule has 7 heteroatoms. The highest BCUT2D eigenvalue weighted by molar-refractivity contribution is 7.82. The Balaban J connectivity index is 1.96. The molecular formula is C18H20FNO4S. The van der Waals surface area contributed by atoms with Crippen molar-refractivity contribution in [3.05, 3.63) is 65.0 Å². The number of benzene rings is 2. The van der Waals surface area contributed by atoms with Gasteiger partial charge in [-0.1, -0.05) is 24.3 Å². The van der Waals surface area contributed by atoms with Crippen LogP contribution in [-0.4, -0.2) is 14.4 Å². The quantitative estimate of drug-likeness (QED) is 0.838. The molecule has 3 rings (SSSR count). The molecule has 2 unspecified atom stereocenters. The lowest BCUT2D eigenvalue weighted by molar-refractivity contribution is 0.0771. The summed E-state index contributed by atoms with van der Waals surface area (Å²) in [7, 11) is -4.00. The number of nitrogens with one attached hydrogen (secondary N) is 1. The second-order valence-electron chi connectivity index (χ2n) is 6.78. The lowest BCUT2D eigenvalue weighted by atomic mass is 9.80. The van der Waals surface area contributed by atoms with E-state index in [-0.39, 0.29) is 18.3 Å². The van der Waals surface area contributed by atoms with Crippen LogP contribution in [-0.2, 0) is 21.1 Å². The Morgan fingerprint density at radius 3 is 2.64 bits per heavy atom. The van der Waals surface area contributed by atoms with E-state index in [4.69, 9.17) is 14.1 Å². The summed E-state index contributed by atoms with van der Waals surface area (Å²) in [5.74, 6) is 0.458. The minimum absolute atomic E-state index is 0.0626. The van der Waals surface area contributed by atoms with Gasteiger partial charge in [-0.2, -0.15) is 4.21 Å². The Morgan fingerprint density at radius 1 is 1.32 bits per heavy atom. The van der Waals surface area contributed by atoms with E-state index in [9.17, 15) is 8.60 Å². The first-order valence-electron chi connectivity index (χ1n) is 7.86. The third kappa shape index (κ3) is 4.36. The van der Waals surface area contributed by atoms with E-state index in [1.54, 1.807) is 24.3 Å². The molecule has 0 radical (unpaired) electrons. The molecule has 1 heterocycles.